The maximum Gasteiger partial charge on any atom is 0.311 e. The van der Waals surface area contributed by atoms with Crippen molar-refractivity contribution in [3.05, 3.63) is 0 Å². The van der Waals surface area contributed by atoms with Crippen molar-refractivity contribution in [1.82, 2.24) is 15.5 Å². The van der Waals surface area contributed by atoms with Crippen molar-refractivity contribution in [3.8, 4) is 0 Å². The summed E-state index contributed by atoms with van der Waals surface area (Å²) in [5, 5.41) is 5.91. The molecule has 1 saturated heterocycles. The fourth-order valence-electron chi connectivity index (χ4n) is 1.81. The number of hydrogen-bond acceptors (Lipinski definition) is 3. The quantitative estimate of drug-likeness (QED) is 0.552. The Morgan fingerprint density at radius 1 is 1.20 bits per heavy atom. The summed E-state index contributed by atoms with van der Waals surface area (Å²) in [6.07, 6.45) is 3.19. The van der Waals surface area contributed by atoms with E-state index in [2.05, 4.69) is 10.6 Å². The van der Waals surface area contributed by atoms with E-state index in [0.29, 0.717) is 13.1 Å². The Kier molecular flexibility index (Phi) is 3.20. The lowest BCUT2D eigenvalue weighted by atomic mass is 9.93. The van der Waals surface area contributed by atoms with E-state index in [4.69, 9.17) is 0 Å². The highest BCUT2D eigenvalue weighted by Crippen LogP contribution is 2.17. The van der Waals surface area contributed by atoms with Crippen LogP contribution in [-0.2, 0) is 9.59 Å². The highest BCUT2D eigenvalue weighted by atomic mass is 16.2. The van der Waals surface area contributed by atoms with E-state index < -0.39 is 5.91 Å². The molecule has 0 unspecified atom stereocenters. The first-order valence-electron chi connectivity index (χ1n) is 5.58. The molecule has 1 aliphatic heterocycles. The molecule has 2 N–H and O–H groups in total. The third-order valence-electron chi connectivity index (χ3n) is 3.04. The number of piperazine rings is 1. The van der Waals surface area contributed by atoms with Crippen molar-refractivity contribution in [2.24, 2.45) is 0 Å². The molecule has 2 rings (SSSR count). The summed E-state index contributed by atoms with van der Waals surface area (Å²) >= 11 is 0. The van der Waals surface area contributed by atoms with Gasteiger partial charge in [0.15, 0.2) is 0 Å². The fourth-order valence-corrected chi connectivity index (χ4v) is 1.81. The normalized spacial score (nSPS) is 22.0. The minimum atomic E-state index is -0.429. The predicted octanol–water partition coefficient (Wildman–Crippen LogP) is -0.913. The number of hydrogen-bond donors (Lipinski definition) is 2. The van der Waals surface area contributed by atoms with Crippen LogP contribution < -0.4 is 10.6 Å². The van der Waals surface area contributed by atoms with Gasteiger partial charge in [0.2, 0.25) is 0 Å². The maximum absolute atomic E-state index is 11.7. The first-order valence-corrected chi connectivity index (χ1v) is 5.58. The molecular formula is C10H17N3O2. The van der Waals surface area contributed by atoms with Crippen LogP contribution in [0.3, 0.4) is 0 Å². The highest BCUT2D eigenvalue weighted by molar-refractivity contribution is 6.35. The monoisotopic (exact) mass is 211 g/mol. The molecule has 15 heavy (non-hydrogen) atoms. The summed E-state index contributed by atoms with van der Waals surface area (Å²) in [6.45, 7) is 2.83. The number of nitrogens with zero attached hydrogens (tertiary/aromatic N) is 1. The number of rotatable bonds is 1. The summed E-state index contributed by atoms with van der Waals surface area (Å²) in [6, 6.07) is 0.240. The van der Waals surface area contributed by atoms with Gasteiger partial charge in [-0.15, -0.1) is 0 Å². The molecule has 0 radical (unpaired) electrons. The third-order valence-corrected chi connectivity index (χ3v) is 3.04. The number of amides is 2. The van der Waals surface area contributed by atoms with Gasteiger partial charge in [-0.25, -0.2) is 0 Å². The standard InChI is InChI=1S/C10H17N3O2/c14-9(12-8-2-1-3-8)10(15)13-6-4-11-5-7-13/h8,11H,1-7H2,(H,12,14). The van der Waals surface area contributed by atoms with Crippen LogP contribution in [0.4, 0.5) is 0 Å². The van der Waals surface area contributed by atoms with E-state index in [0.717, 1.165) is 32.4 Å². The van der Waals surface area contributed by atoms with Gasteiger partial charge in [-0.3, -0.25) is 9.59 Å². The summed E-state index contributed by atoms with van der Waals surface area (Å²) in [7, 11) is 0. The van der Waals surface area contributed by atoms with Crippen LogP contribution in [0, 0.1) is 0 Å². The molecular weight excluding hydrogens is 194 g/mol. The second-order valence-corrected chi connectivity index (χ2v) is 4.14. The molecule has 0 spiro atoms. The first kappa shape index (κ1) is 10.4. The molecule has 5 heteroatoms. The lowest BCUT2D eigenvalue weighted by Gasteiger charge is -2.30. The third kappa shape index (κ3) is 2.47. The Labute approximate surface area is 89.2 Å². The highest BCUT2D eigenvalue weighted by Gasteiger charge is 2.27. The zero-order chi connectivity index (χ0) is 10.7. The molecule has 1 aliphatic carbocycles. The summed E-state index contributed by atoms with van der Waals surface area (Å²) in [5.41, 5.74) is 0. The van der Waals surface area contributed by atoms with Crippen molar-refractivity contribution in [1.29, 1.82) is 0 Å². The molecule has 1 saturated carbocycles. The SMILES string of the molecule is O=C(NC1CCC1)C(=O)N1CCNCC1. The van der Waals surface area contributed by atoms with Crippen molar-refractivity contribution in [2.75, 3.05) is 26.2 Å². The Hall–Kier alpha value is -1.10. The van der Waals surface area contributed by atoms with Crippen LogP contribution in [0.1, 0.15) is 19.3 Å². The molecule has 0 aromatic rings. The van der Waals surface area contributed by atoms with E-state index in [1.165, 1.54) is 0 Å². The number of carbonyl (C=O) groups is 2. The molecule has 0 aromatic carbocycles. The van der Waals surface area contributed by atoms with Gasteiger partial charge in [0.05, 0.1) is 0 Å². The molecule has 5 nitrogen and oxygen atoms in total. The van der Waals surface area contributed by atoms with Gasteiger partial charge in [-0.05, 0) is 19.3 Å². The van der Waals surface area contributed by atoms with Gasteiger partial charge in [-0.2, -0.15) is 0 Å². The van der Waals surface area contributed by atoms with Gasteiger partial charge >= 0.3 is 11.8 Å². The number of nitrogens with one attached hydrogen (secondary N) is 2. The fraction of sp³-hybridized carbons (Fsp3) is 0.800. The van der Waals surface area contributed by atoms with Gasteiger partial charge in [-0.1, -0.05) is 0 Å². The lowest BCUT2D eigenvalue weighted by molar-refractivity contribution is -0.146. The molecule has 2 fully saturated rings. The maximum atomic E-state index is 11.7. The zero-order valence-electron chi connectivity index (χ0n) is 8.79. The molecule has 84 valence electrons. The van der Waals surface area contributed by atoms with E-state index >= 15 is 0 Å². The topological polar surface area (TPSA) is 61.4 Å². The van der Waals surface area contributed by atoms with Crippen molar-refractivity contribution in [3.63, 3.8) is 0 Å². The lowest BCUT2D eigenvalue weighted by Crippen LogP contribution is -2.53. The van der Waals surface area contributed by atoms with Crippen molar-refractivity contribution < 1.29 is 9.59 Å². The Morgan fingerprint density at radius 3 is 2.40 bits per heavy atom. The van der Waals surface area contributed by atoms with Gasteiger partial charge in [0.1, 0.15) is 0 Å². The molecule has 2 aliphatic rings. The summed E-state index contributed by atoms with van der Waals surface area (Å²) in [5.74, 6) is -0.801. The molecule has 2 amide bonds. The molecule has 0 aromatic heterocycles. The molecule has 0 atom stereocenters. The molecule has 0 bridgehead atoms. The Balaban J connectivity index is 1.80. The van der Waals surface area contributed by atoms with Crippen LogP contribution in [0.25, 0.3) is 0 Å². The Morgan fingerprint density at radius 2 is 1.87 bits per heavy atom. The average molecular weight is 211 g/mol. The van der Waals surface area contributed by atoms with Crippen LogP contribution in [0.15, 0.2) is 0 Å². The van der Waals surface area contributed by atoms with Crippen LogP contribution in [0.5, 0.6) is 0 Å². The van der Waals surface area contributed by atoms with E-state index in [9.17, 15) is 9.59 Å². The van der Waals surface area contributed by atoms with Gasteiger partial charge < -0.3 is 15.5 Å². The average Bonchev–Trinajstić information content (AvgIpc) is 2.23. The summed E-state index contributed by atoms with van der Waals surface area (Å²) < 4.78 is 0. The van der Waals surface area contributed by atoms with Crippen LogP contribution in [-0.4, -0.2) is 48.9 Å². The predicted molar refractivity (Wildman–Crippen MR) is 55.2 cm³/mol. The van der Waals surface area contributed by atoms with E-state index in [-0.39, 0.29) is 11.9 Å². The van der Waals surface area contributed by atoms with Crippen molar-refractivity contribution >= 4 is 11.8 Å². The van der Waals surface area contributed by atoms with Gasteiger partial charge in [0.25, 0.3) is 0 Å². The minimum Gasteiger partial charge on any atom is -0.345 e. The van der Waals surface area contributed by atoms with Crippen LogP contribution in [0.2, 0.25) is 0 Å². The zero-order valence-corrected chi connectivity index (χ0v) is 8.79. The smallest absolute Gasteiger partial charge is 0.311 e. The number of carbonyl (C=O) groups excluding carboxylic acids is 2. The van der Waals surface area contributed by atoms with Gasteiger partial charge in [0, 0.05) is 32.2 Å². The summed E-state index contributed by atoms with van der Waals surface area (Å²) in [4.78, 5) is 24.8. The second kappa shape index (κ2) is 4.61. The van der Waals surface area contributed by atoms with E-state index in [1.54, 1.807) is 4.90 Å². The van der Waals surface area contributed by atoms with E-state index in [1.807, 2.05) is 0 Å². The van der Waals surface area contributed by atoms with Crippen LogP contribution >= 0.6 is 0 Å². The molecule has 1 heterocycles. The first-order chi connectivity index (χ1) is 7.27. The largest absolute Gasteiger partial charge is 0.345 e. The second-order valence-electron chi connectivity index (χ2n) is 4.14. The minimum absolute atomic E-state index is 0.240. The van der Waals surface area contributed by atoms with Crippen molar-refractivity contribution in [2.45, 2.75) is 25.3 Å². The Bertz CT molecular complexity index is 257.